The van der Waals surface area contributed by atoms with Crippen LogP contribution < -0.4 is 10.6 Å². The molecule has 25 atom stereocenters. The standard InChI is InChI=1S/C67H126N2O24/c1-6-8-9-10-11-12-13-14-15-16-17-18-19-20-23-27-30-33-36-46(74)63(85)69-44(52(76)45(73)35-32-29-26-24-21-22-25-28-31-34-41(3)7-2)39-86-67-62(58(82)53(77)47(37-70)90-67)93-66-60(84)57(81)54(78)49(91-66)40-87-64-50(68-43(5)72)61(55(79)48(38-71)89-64)92-65-59(83)56(80)51(75)42(4)88-65/h41-42,44-62,64-67,70-71,73-84H,6-40H2,1-5H3,(H,68,72)(H,69,85)/t41?,42-,44-,45+,46+,47+,48+,49+,50+,51-,52-,53-,54-,55-,56+,57-,58-,59+,60+,61+,62+,64+,65-,66+,67-/m0/s1. The summed E-state index contributed by atoms with van der Waals surface area (Å²) in [6.07, 6.45) is -4.67. The molecule has 4 saturated heterocycles. The van der Waals surface area contributed by atoms with E-state index in [9.17, 15) is 81.1 Å². The minimum Gasteiger partial charge on any atom is -0.394 e. The molecule has 0 aromatic rings. The molecule has 2 amide bonds. The van der Waals surface area contributed by atoms with Crippen molar-refractivity contribution in [3.05, 3.63) is 0 Å². The molecule has 0 radical (unpaired) electrons. The molecule has 26 heteroatoms. The smallest absolute Gasteiger partial charge is 0.249 e. The number of carbonyl (C=O) groups excluding carboxylic acids is 2. The Kier molecular flexibility index (Phi) is 41.7. The first kappa shape index (κ1) is 83.5. The Bertz CT molecular complexity index is 1940. The average molecular weight is 1340 g/mol. The fourth-order valence-corrected chi connectivity index (χ4v) is 12.7. The lowest BCUT2D eigenvalue weighted by atomic mass is 9.95. The number of hydrogen-bond donors (Lipinski definition) is 16. The maximum atomic E-state index is 13.7. The second-order valence-corrected chi connectivity index (χ2v) is 27.0. The third-order valence-electron chi connectivity index (χ3n) is 19.1. The van der Waals surface area contributed by atoms with Gasteiger partial charge in [0.2, 0.25) is 11.8 Å². The molecule has 26 nitrogen and oxygen atoms in total. The van der Waals surface area contributed by atoms with Gasteiger partial charge < -0.3 is 120 Å². The highest BCUT2D eigenvalue weighted by Gasteiger charge is 2.54. The van der Waals surface area contributed by atoms with Gasteiger partial charge in [-0.05, 0) is 25.7 Å². The van der Waals surface area contributed by atoms with Crippen molar-refractivity contribution in [1.82, 2.24) is 10.6 Å². The summed E-state index contributed by atoms with van der Waals surface area (Å²) in [4.78, 5) is 26.3. The summed E-state index contributed by atoms with van der Waals surface area (Å²) in [5.74, 6) is -0.806. The van der Waals surface area contributed by atoms with E-state index in [1.54, 1.807) is 0 Å². The van der Waals surface area contributed by atoms with E-state index in [1.165, 1.54) is 122 Å². The second kappa shape index (κ2) is 46.4. The van der Waals surface area contributed by atoms with Gasteiger partial charge in [-0.25, -0.2) is 0 Å². The van der Waals surface area contributed by atoms with Crippen molar-refractivity contribution in [3.8, 4) is 0 Å². The maximum Gasteiger partial charge on any atom is 0.249 e. The van der Waals surface area contributed by atoms with Crippen LogP contribution in [0.15, 0.2) is 0 Å². The Morgan fingerprint density at radius 1 is 0.462 bits per heavy atom. The van der Waals surface area contributed by atoms with E-state index in [0.29, 0.717) is 12.8 Å². The van der Waals surface area contributed by atoms with Gasteiger partial charge in [-0.2, -0.15) is 0 Å². The highest BCUT2D eigenvalue weighted by atomic mass is 16.8. The number of carbonyl (C=O) groups is 2. The summed E-state index contributed by atoms with van der Waals surface area (Å²) in [6, 6.07) is -2.93. The summed E-state index contributed by atoms with van der Waals surface area (Å²) in [7, 11) is 0. The third-order valence-corrected chi connectivity index (χ3v) is 19.1. The average Bonchev–Trinajstić information content (AvgIpc) is 0.829. The zero-order chi connectivity index (χ0) is 68.4. The van der Waals surface area contributed by atoms with Gasteiger partial charge in [0, 0.05) is 6.92 Å². The van der Waals surface area contributed by atoms with Crippen LogP contribution in [0.1, 0.15) is 234 Å². The van der Waals surface area contributed by atoms with Gasteiger partial charge in [-0.1, -0.05) is 207 Å². The minimum absolute atomic E-state index is 0.123. The van der Waals surface area contributed by atoms with Gasteiger partial charge in [-0.3, -0.25) is 9.59 Å². The molecule has 0 aromatic heterocycles. The Balaban J connectivity index is 1.41. The molecule has 0 aliphatic carbocycles. The lowest BCUT2D eigenvalue weighted by Gasteiger charge is -2.48. The fourth-order valence-electron chi connectivity index (χ4n) is 12.7. The number of rotatable bonds is 49. The van der Waals surface area contributed by atoms with Crippen LogP contribution in [0.3, 0.4) is 0 Å². The molecule has 4 heterocycles. The SMILES string of the molecule is CCCCCCCCCCCCCCCCCCCC[C@@H](O)C(=O)N[C@@H](CO[C@H]1O[C@H](CO)[C@H](O)[C@H](O)[C@H]1O[C@H]1O[C@H](CO[C@@H]2O[C@H](CO)[C@H](O)[C@H](O[C@@H]3O[C@@H](C)[C@H](O)[C@@H](O)[C@H]3O)[C@H]2NC(C)=O)[C@H](O)[C@H](O)[C@H]1O)[C@H](O)[C@H](O)CCCCCCCCCCCC(C)CC. The van der Waals surface area contributed by atoms with Crippen LogP contribution in [-0.2, 0) is 47.5 Å². The van der Waals surface area contributed by atoms with Crippen molar-refractivity contribution in [2.24, 2.45) is 5.92 Å². The van der Waals surface area contributed by atoms with Crippen molar-refractivity contribution < 1.29 is 119 Å². The highest BCUT2D eigenvalue weighted by molar-refractivity contribution is 5.80. The number of amides is 2. The number of unbranched alkanes of at least 4 members (excludes halogenated alkanes) is 25. The van der Waals surface area contributed by atoms with Crippen LogP contribution in [-0.4, -0.2) is 257 Å². The van der Waals surface area contributed by atoms with Crippen LogP contribution in [0, 0.1) is 5.92 Å². The molecule has 93 heavy (non-hydrogen) atoms. The van der Waals surface area contributed by atoms with Gasteiger partial charge >= 0.3 is 0 Å². The van der Waals surface area contributed by atoms with Gasteiger partial charge in [-0.15, -0.1) is 0 Å². The predicted molar refractivity (Wildman–Crippen MR) is 341 cm³/mol. The molecule has 16 N–H and O–H groups in total. The summed E-state index contributed by atoms with van der Waals surface area (Å²) in [5, 5.41) is 159. The zero-order valence-electron chi connectivity index (χ0n) is 56.5. The van der Waals surface area contributed by atoms with Crippen LogP contribution in [0.4, 0.5) is 0 Å². The molecule has 4 rings (SSSR count). The Labute approximate surface area is 552 Å². The quantitative estimate of drug-likeness (QED) is 0.0389. The lowest BCUT2D eigenvalue weighted by Crippen LogP contribution is -2.68. The van der Waals surface area contributed by atoms with Crippen molar-refractivity contribution in [1.29, 1.82) is 0 Å². The van der Waals surface area contributed by atoms with E-state index in [0.717, 1.165) is 70.6 Å². The van der Waals surface area contributed by atoms with E-state index in [4.69, 9.17) is 37.9 Å². The molecular weight excluding hydrogens is 1220 g/mol. The molecular formula is C67H126N2O24. The summed E-state index contributed by atoms with van der Waals surface area (Å²) in [6.45, 7) is 6.08. The number of nitrogens with one attached hydrogen (secondary N) is 2. The highest BCUT2D eigenvalue weighted by Crippen LogP contribution is 2.34. The first-order chi connectivity index (χ1) is 44.6. The molecule has 548 valence electrons. The first-order valence-corrected chi connectivity index (χ1v) is 35.7. The molecule has 0 saturated carbocycles. The molecule has 0 bridgehead atoms. The number of aliphatic hydroxyl groups excluding tert-OH is 14. The van der Waals surface area contributed by atoms with E-state index in [1.807, 2.05) is 0 Å². The number of hydrogen-bond acceptors (Lipinski definition) is 24. The Hall–Kier alpha value is -1.94. The predicted octanol–water partition coefficient (Wildman–Crippen LogP) is 2.78. The van der Waals surface area contributed by atoms with Crippen molar-refractivity contribution >= 4 is 11.8 Å². The van der Waals surface area contributed by atoms with Gasteiger partial charge in [0.15, 0.2) is 25.2 Å². The maximum absolute atomic E-state index is 13.7. The van der Waals surface area contributed by atoms with E-state index in [2.05, 4.69) is 31.4 Å². The largest absolute Gasteiger partial charge is 0.394 e. The monoisotopic (exact) mass is 1340 g/mol. The number of ether oxygens (including phenoxy) is 8. The van der Waals surface area contributed by atoms with Crippen LogP contribution in [0.5, 0.6) is 0 Å². The molecule has 0 aromatic carbocycles. The van der Waals surface area contributed by atoms with Gasteiger partial charge in [0.25, 0.3) is 0 Å². The Morgan fingerprint density at radius 3 is 1.40 bits per heavy atom. The van der Waals surface area contributed by atoms with Crippen LogP contribution >= 0.6 is 0 Å². The van der Waals surface area contributed by atoms with Crippen LogP contribution in [0.2, 0.25) is 0 Å². The topological polar surface area (TPSA) is 415 Å². The minimum atomic E-state index is -2.10. The normalized spacial score (nSPS) is 33.4. The second-order valence-electron chi connectivity index (χ2n) is 27.0. The molecule has 1 unspecified atom stereocenters. The molecule has 0 spiro atoms. The molecule has 4 aliphatic heterocycles. The van der Waals surface area contributed by atoms with Gasteiger partial charge in [0.05, 0.1) is 44.7 Å². The summed E-state index contributed by atoms with van der Waals surface area (Å²) in [5.41, 5.74) is 0. The summed E-state index contributed by atoms with van der Waals surface area (Å²) < 4.78 is 47.2. The van der Waals surface area contributed by atoms with E-state index < -0.39 is 185 Å². The third kappa shape index (κ3) is 28.7. The zero-order valence-corrected chi connectivity index (χ0v) is 56.5. The van der Waals surface area contributed by atoms with E-state index in [-0.39, 0.29) is 12.8 Å². The molecule has 4 aliphatic rings. The van der Waals surface area contributed by atoms with Crippen molar-refractivity contribution in [2.75, 3.05) is 26.4 Å². The van der Waals surface area contributed by atoms with E-state index >= 15 is 0 Å². The lowest BCUT2D eigenvalue weighted by molar-refractivity contribution is -0.373. The van der Waals surface area contributed by atoms with Crippen LogP contribution in [0.25, 0.3) is 0 Å². The Morgan fingerprint density at radius 2 is 0.892 bits per heavy atom. The number of aliphatic hydroxyl groups is 14. The van der Waals surface area contributed by atoms with Crippen molar-refractivity contribution in [2.45, 2.75) is 381 Å². The van der Waals surface area contributed by atoms with Gasteiger partial charge in [0.1, 0.15) is 104 Å². The molecule has 4 fully saturated rings. The van der Waals surface area contributed by atoms with Crippen molar-refractivity contribution in [3.63, 3.8) is 0 Å². The fraction of sp³-hybridized carbons (Fsp3) is 0.970. The summed E-state index contributed by atoms with van der Waals surface area (Å²) >= 11 is 0. The first-order valence-electron chi connectivity index (χ1n) is 35.7.